The molecule has 0 bridgehead atoms. The van der Waals surface area contributed by atoms with Crippen molar-refractivity contribution in [2.75, 3.05) is 17.3 Å². The molecule has 0 aliphatic rings. The Morgan fingerprint density at radius 1 is 0.944 bits per heavy atom. The Bertz CT molecular complexity index is 284. The van der Waals surface area contributed by atoms with Crippen LogP contribution in [-0.4, -0.2) is 17.3 Å². The van der Waals surface area contributed by atoms with E-state index < -0.39 is 0 Å². The van der Waals surface area contributed by atoms with E-state index in [1.54, 1.807) is 0 Å². The second-order valence-corrected chi connectivity index (χ2v) is 7.01. The van der Waals surface area contributed by atoms with E-state index >= 15 is 0 Å². The molecule has 18 heavy (non-hydrogen) atoms. The molecule has 1 aromatic carbocycles. The molecular formula is C16H26S2. The van der Waals surface area contributed by atoms with Gasteiger partial charge in [0.05, 0.1) is 0 Å². The molecule has 0 saturated carbocycles. The van der Waals surface area contributed by atoms with E-state index in [4.69, 9.17) is 0 Å². The monoisotopic (exact) mass is 282 g/mol. The van der Waals surface area contributed by atoms with Crippen LogP contribution < -0.4 is 0 Å². The minimum absolute atomic E-state index is 0.680. The quantitative estimate of drug-likeness (QED) is 0.498. The minimum atomic E-state index is 0.680. The van der Waals surface area contributed by atoms with Gasteiger partial charge in [0, 0.05) is 11.0 Å². The maximum absolute atomic E-state index is 2.28. The van der Waals surface area contributed by atoms with Crippen LogP contribution in [0, 0.1) is 0 Å². The Labute approximate surface area is 121 Å². The molecule has 0 spiro atoms. The summed E-state index contributed by atoms with van der Waals surface area (Å²) < 4.78 is 0. The first kappa shape index (κ1) is 16.0. The molecule has 0 aliphatic carbocycles. The van der Waals surface area contributed by atoms with Gasteiger partial charge in [0.25, 0.3) is 0 Å². The lowest BCUT2D eigenvalue weighted by atomic mass is 10.2. The van der Waals surface area contributed by atoms with Gasteiger partial charge < -0.3 is 0 Å². The Morgan fingerprint density at radius 2 is 1.61 bits per heavy atom. The van der Waals surface area contributed by atoms with Gasteiger partial charge in [-0.3, -0.25) is 0 Å². The summed E-state index contributed by atoms with van der Waals surface area (Å²) in [5, 5.41) is 0.680. The van der Waals surface area contributed by atoms with E-state index in [-0.39, 0.29) is 0 Å². The lowest BCUT2D eigenvalue weighted by molar-refractivity contribution is 0.890. The first-order chi connectivity index (χ1) is 8.88. The van der Waals surface area contributed by atoms with Gasteiger partial charge in [0.2, 0.25) is 0 Å². The zero-order valence-corrected chi connectivity index (χ0v) is 13.4. The number of hydrogen-bond donors (Lipinski definition) is 0. The molecule has 0 aromatic heterocycles. The number of rotatable bonds is 10. The molecule has 0 amide bonds. The molecule has 1 unspecified atom stereocenters. The van der Waals surface area contributed by atoms with Crippen molar-refractivity contribution in [1.29, 1.82) is 0 Å². The maximum Gasteiger partial charge on any atom is 0.0387 e. The van der Waals surface area contributed by atoms with Crippen molar-refractivity contribution >= 4 is 23.5 Å². The summed E-state index contributed by atoms with van der Waals surface area (Å²) in [6.07, 6.45) is 5.31. The Morgan fingerprint density at radius 3 is 2.28 bits per heavy atom. The maximum atomic E-state index is 2.28. The molecule has 102 valence electrons. The smallest absolute Gasteiger partial charge is 0.0387 e. The van der Waals surface area contributed by atoms with Gasteiger partial charge in [-0.2, -0.15) is 23.5 Å². The van der Waals surface area contributed by atoms with Gasteiger partial charge in [-0.05, 0) is 29.9 Å². The number of benzene rings is 1. The first-order valence-corrected chi connectivity index (χ1v) is 9.33. The fourth-order valence-electron chi connectivity index (χ4n) is 1.71. The Hall–Kier alpha value is -0.0800. The van der Waals surface area contributed by atoms with Crippen LogP contribution in [0.2, 0.25) is 0 Å². The minimum Gasteiger partial charge on any atom is -0.160 e. The van der Waals surface area contributed by atoms with E-state index in [2.05, 4.69) is 67.7 Å². The van der Waals surface area contributed by atoms with Gasteiger partial charge in [0.15, 0.2) is 0 Å². The highest BCUT2D eigenvalue weighted by atomic mass is 32.2. The molecule has 0 N–H and O–H groups in total. The van der Waals surface area contributed by atoms with Crippen LogP contribution in [0.15, 0.2) is 30.3 Å². The highest BCUT2D eigenvalue weighted by molar-refractivity contribution is 8.03. The van der Waals surface area contributed by atoms with Crippen LogP contribution in [0.4, 0.5) is 0 Å². The molecular weight excluding hydrogens is 256 g/mol. The fraction of sp³-hybridized carbons (Fsp3) is 0.625. The molecule has 1 rings (SSSR count). The molecule has 1 atom stereocenters. The summed E-state index contributed by atoms with van der Waals surface area (Å²) in [7, 11) is 0. The third kappa shape index (κ3) is 6.75. The number of hydrogen-bond acceptors (Lipinski definition) is 2. The summed E-state index contributed by atoms with van der Waals surface area (Å²) in [5.41, 5.74) is 1.50. The average molecular weight is 283 g/mol. The van der Waals surface area contributed by atoms with E-state index in [1.165, 1.54) is 48.5 Å². The van der Waals surface area contributed by atoms with Crippen LogP contribution in [-0.2, 0) is 0 Å². The van der Waals surface area contributed by atoms with E-state index in [1.807, 2.05) is 0 Å². The van der Waals surface area contributed by atoms with Crippen molar-refractivity contribution in [2.45, 2.75) is 44.8 Å². The lowest BCUT2D eigenvalue weighted by Crippen LogP contribution is -2.00. The summed E-state index contributed by atoms with van der Waals surface area (Å²) in [4.78, 5) is 0. The predicted octanol–water partition coefficient (Wildman–Crippen LogP) is 5.79. The normalized spacial score (nSPS) is 12.6. The van der Waals surface area contributed by atoms with E-state index in [0.29, 0.717) is 5.25 Å². The molecule has 2 heteroatoms. The largest absolute Gasteiger partial charge is 0.160 e. The summed E-state index contributed by atoms with van der Waals surface area (Å²) in [5.74, 6) is 3.87. The van der Waals surface area contributed by atoms with Crippen LogP contribution in [0.3, 0.4) is 0 Å². The number of unbranched alkanes of at least 4 members (excludes halogenated alkanes) is 2. The third-order valence-electron chi connectivity index (χ3n) is 2.90. The fourth-order valence-corrected chi connectivity index (χ4v) is 4.54. The average Bonchev–Trinajstić information content (AvgIpc) is 2.42. The summed E-state index contributed by atoms with van der Waals surface area (Å²) in [6, 6.07) is 11.0. The topological polar surface area (TPSA) is 0 Å². The first-order valence-electron chi connectivity index (χ1n) is 7.12. The highest BCUT2D eigenvalue weighted by Crippen LogP contribution is 2.32. The van der Waals surface area contributed by atoms with Crippen molar-refractivity contribution in [3.05, 3.63) is 35.9 Å². The zero-order chi connectivity index (χ0) is 13.1. The second kappa shape index (κ2) is 10.8. The molecule has 0 aliphatic heterocycles. The third-order valence-corrected chi connectivity index (χ3v) is 5.62. The van der Waals surface area contributed by atoms with E-state index in [0.717, 1.165) is 0 Å². The second-order valence-electron chi connectivity index (χ2n) is 4.55. The van der Waals surface area contributed by atoms with Crippen LogP contribution in [0.1, 0.15) is 50.3 Å². The molecule has 0 saturated heterocycles. The van der Waals surface area contributed by atoms with Crippen LogP contribution in [0.5, 0.6) is 0 Å². The van der Waals surface area contributed by atoms with Crippen molar-refractivity contribution in [3.8, 4) is 0 Å². The summed E-state index contributed by atoms with van der Waals surface area (Å²) >= 11 is 4.25. The van der Waals surface area contributed by atoms with E-state index in [9.17, 15) is 0 Å². The predicted molar refractivity (Wildman–Crippen MR) is 88.8 cm³/mol. The van der Waals surface area contributed by atoms with Gasteiger partial charge in [-0.1, -0.05) is 57.0 Å². The van der Waals surface area contributed by atoms with Gasteiger partial charge in [-0.15, -0.1) is 0 Å². The van der Waals surface area contributed by atoms with Crippen LogP contribution >= 0.6 is 23.5 Å². The molecule has 0 fully saturated rings. The van der Waals surface area contributed by atoms with Crippen molar-refractivity contribution in [2.24, 2.45) is 0 Å². The molecule has 0 radical (unpaired) electrons. The molecule has 0 nitrogen and oxygen atoms in total. The number of thioether (sulfide) groups is 2. The Balaban J connectivity index is 2.42. The van der Waals surface area contributed by atoms with Crippen molar-refractivity contribution in [1.82, 2.24) is 0 Å². The molecule has 0 heterocycles. The highest BCUT2D eigenvalue weighted by Gasteiger charge is 2.11. The molecule has 1 aromatic rings. The summed E-state index contributed by atoms with van der Waals surface area (Å²) in [6.45, 7) is 4.54. The zero-order valence-electron chi connectivity index (χ0n) is 11.7. The van der Waals surface area contributed by atoms with Gasteiger partial charge >= 0.3 is 0 Å². The Kier molecular flexibility index (Phi) is 9.59. The van der Waals surface area contributed by atoms with Gasteiger partial charge in [0.1, 0.15) is 0 Å². The SMILES string of the molecule is CCCCSCC(SCCCC)c1ccccc1. The van der Waals surface area contributed by atoms with Crippen molar-refractivity contribution in [3.63, 3.8) is 0 Å². The van der Waals surface area contributed by atoms with Gasteiger partial charge in [-0.25, -0.2) is 0 Å². The van der Waals surface area contributed by atoms with Crippen LogP contribution in [0.25, 0.3) is 0 Å². The van der Waals surface area contributed by atoms with Crippen molar-refractivity contribution < 1.29 is 0 Å². The lowest BCUT2D eigenvalue weighted by Gasteiger charge is -2.16. The standard InChI is InChI=1S/C16H26S2/c1-3-5-12-17-14-16(18-13-6-4-2)15-10-8-7-9-11-15/h7-11,16H,3-6,12-14H2,1-2H3.